The number of hydrogen-bond donors (Lipinski definition) is 0. The third-order valence-electron chi connectivity index (χ3n) is 2.54. The van der Waals surface area contributed by atoms with Crippen LogP contribution in [0.15, 0.2) is 30.5 Å². The summed E-state index contributed by atoms with van der Waals surface area (Å²) in [5.74, 6) is 0.0339. The molecule has 106 valence electrons. The number of aromatic nitrogens is 1. The summed E-state index contributed by atoms with van der Waals surface area (Å²) in [4.78, 5) is 15.3. The molecule has 2 aromatic rings. The molecule has 0 radical (unpaired) electrons. The summed E-state index contributed by atoms with van der Waals surface area (Å²) in [6, 6.07) is 7.02. The maximum absolute atomic E-state index is 11.0. The second-order valence-corrected chi connectivity index (χ2v) is 4.46. The van der Waals surface area contributed by atoms with E-state index >= 15 is 0 Å². The highest BCUT2D eigenvalue weighted by Gasteiger charge is 2.16. The number of fused-ring (bicyclic) bond motifs is 1. The molecule has 6 heteroatoms. The lowest BCUT2D eigenvalue weighted by atomic mass is 10.2. The van der Waals surface area contributed by atoms with E-state index in [1.807, 2.05) is 6.07 Å². The predicted molar refractivity (Wildman–Crippen MR) is 74.8 cm³/mol. The van der Waals surface area contributed by atoms with Crippen molar-refractivity contribution < 1.29 is 19.0 Å². The maximum atomic E-state index is 11.0. The van der Waals surface area contributed by atoms with Crippen molar-refractivity contribution in [2.24, 2.45) is 0 Å². The Labute approximate surface area is 121 Å². The van der Waals surface area contributed by atoms with Gasteiger partial charge in [-0.1, -0.05) is 11.6 Å². The topological polar surface area (TPSA) is 57.7 Å². The van der Waals surface area contributed by atoms with Crippen LogP contribution in [-0.4, -0.2) is 31.0 Å². The molecule has 0 spiro atoms. The zero-order chi connectivity index (χ0) is 14.5. The minimum atomic E-state index is -0.830. The molecule has 1 atom stereocenters. The van der Waals surface area contributed by atoms with Crippen molar-refractivity contribution in [2.75, 3.05) is 13.7 Å². The summed E-state index contributed by atoms with van der Waals surface area (Å²) in [6.07, 6.45) is 0.812. The summed E-state index contributed by atoms with van der Waals surface area (Å²) >= 11 is 6.11. The molecule has 0 fully saturated rings. The van der Waals surface area contributed by atoms with E-state index in [2.05, 4.69) is 4.98 Å². The van der Waals surface area contributed by atoms with E-state index in [4.69, 9.17) is 25.8 Å². The molecule has 0 aliphatic rings. The molecule has 1 aromatic carbocycles. The molecule has 20 heavy (non-hydrogen) atoms. The smallest absolute Gasteiger partial charge is 0.305 e. The average molecular weight is 296 g/mol. The number of rotatable bonds is 5. The number of methoxy groups -OCH3 is 1. The predicted octanol–water partition coefficient (Wildman–Crippen LogP) is 2.80. The first-order valence-corrected chi connectivity index (χ1v) is 6.35. The van der Waals surface area contributed by atoms with Gasteiger partial charge in [0.2, 0.25) is 0 Å². The zero-order valence-corrected chi connectivity index (χ0v) is 11.9. The van der Waals surface area contributed by atoms with Crippen LogP contribution in [0, 0.1) is 0 Å². The molecule has 0 aliphatic heterocycles. The van der Waals surface area contributed by atoms with Crippen molar-refractivity contribution in [1.29, 1.82) is 0 Å². The van der Waals surface area contributed by atoms with Crippen LogP contribution in [0.5, 0.6) is 5.75 Å². The van der Waals surface area contributed by atoms with Gasteiger partial charge in [0, 0.05) is 25.6 Å². The van der Waals surface area contributed by atoms with Gasteiger partial charge in [0.15, 0.2) is 5.75 Å². The molecule has 0 amide bonds. The van der Waals surface area contributed by atoms with E-state index < -0.39 is 12.3 Å². The highest BCUT2D eigenvalue weighted by Crippen LogP contribution is 2.30. The SMILES string of the molecule is COCC(OC(C)=O)Oc1ccc(Cl)c2cccnc12. The van der Waals surface area contributed by atoms with Crippen molar-refractivity contribution >= 4 is 28.5 Å². The average Bonchev–Trinajstić information content (AvgIpc) is 2.42. The van der Waals surface area contributed by atoms with Gasteiger partial charge in [0.25, 0.3) is 6.29 Å². The fourth-order valence-electron chi connectivity index (χ4n) is 1.76. The lowest BCUT2D eigenvalue weighted by molar-refractivity contribution is -0.167. The Hall–Kier alpha value is -1.85. The molecule has 0 bridgehead atoms. The molecular formula is C14H14ClNO4. The quantitative estimate of drug-likeness (QED) is 0.627. The minimum absolute atomic E-state index is 0.122. The van der Waals surface area contributed by atoms with Crippen molar-refractivity contribution in [3.05, 3.63) is 35.5 Å². The monoisotopic (exact) mass is 295 g/mol. The van der Waals surface area contributed by atoms with Crippen LogP contribution >= 0.6 is 11.6 Å². The number of carbonyl (C=O) groups is 1. The van der Waals surface area contributed by atoms with Crippen LogP contribution < -0.4 is 4.74 Å². The van der Waals surface area contributed by atoms with E-state index in [0.29, 0.717) is 16.3 Å². The van der Waals surface area contributed by atoms with Gasteiger partial charge in [0.1, 0.15) is 12.1 Å². The number of esters is 1. The Morgan fingerprint density at radius 2 is 2.20 bits per heavy atom. The first-order chi connectivity index (χ1) is 9.61. The number of nitrogens with zero attached hydrogens (tertiary/aromatic N) is 1. The number of ether oxygens (including phenoxy) is 3. The Morgan fingerprint density at radius 1 is 1.40 bits per heavy atom. The first kappa shape index (κ1) is 14.6. The fourth-order valence-corrected chi connectivity index (χ4v) is 1.98. The van der Waals surface area contributed by atoms with Crippen molar-refractivity contribution in [2.45, 2.75) is 13.2 Å². The number of halogens is 1. The van der Waals surface area contributed by atoms with Gasteiger partial charge < -0.3 is 14.2 Å². The van der Waals surface area contributed by atoms with Gasteiger partial charge in [-0.05, 0) is 24.3 Å². The van der Waals surface area contributed by atoms with Crippen LogP contribution in [0.1, 0.15) is 6.92 Å². The number of carbonyl (C=O) groups excluding carboxylic acids is 1. The Bertz CT molecular complexity index is 617. The van der Waals surface area contributed by atoms with Gasteiger partial charge >= 0.3 is 5.97 Å². The van der Waals surface area contributed by atoms with Crippen LogP contribution in [-0.2, 0) is 14.3 Å². The van der Waals surface area contributed by atoms with Crippen LogP contribution in [0.25, 0.3) is 10.9 Å². The van der Waals surface area contributed by atoms with Crippen molar-refractivity contribution in [3.8, 4) is 5.75 Å². The second-order valence-electron chi connectivity index (χ2n) is 4.06. The second kappa shape index (κ2) is 6.54. The van der Waals surface area contributed by atoms with Gasteiger partial charge in [0.05, 0.1) is 5.02 Å². The van der Waals surface area contributed by atoms with E-state index in [0.717, 1.165) is 5.39 Å². The van der Waals surface area contributed by atoms with Crippen molar-refractivity contribution in [1.82, 2.24) is 4.98 Å². The third-order valence-corrected chi connectivity index (χ3v) is 2.87. The first-order valence-electron chi connectivity index (χ1n) is 5.98. The largest absolute Gasteiger partial charge is 0.450 e. The van der Waals surface area contributed by atoms with Crippen LogP contribution in [0.2, 0.25) is 5.02 Å². The van der Waals surface area contributed by atoms with Gasteiger partial charge in [-0.3, -0.25) is 9.78 Å². The Balaban J connectivity index is 2.32. The molecule has 2 rings (SSSR count). The van der Waals surface area contributed by atoms with E-state index in [1.165, 1.54) is 14.0 Å². The number of pyridine rings is 1. The van der Waals surface area contributed by atoms with Gasteiger partial charge in [-0.2, -0.15) is 0 Å². The summed E-state index contributed by atoms with van der Waals surface area (Å²) in [5, 5.41) is 1.35. The minimum Gasteiger partial charge on any atom is -0.450 e. The molecule has 1 unspecified atom stereocenters. The van der Waals surface area contributed by atoms with E-state index in [1.54, 1.807) is 24.4 Å². The maximum Gasteiger partial charge on any atom is 0.305 e. The highest BCUT2D eigenvalue weighted by molar-refractivity contribution is 6.35. The molecule has 5 nitrogen and oxygen atoms in total. The van der Waals surface area contributed by atoms with Crippen molar-refractivity contribution in [3.63, 3.8) is 0 Å². The molecule has 0 N–H and O–H groups in total. The lowest BCUT2D eigenvalue weighted by Gasteiger charge is -2.18. The summed E-state index contributed by atoms with van der Waals surface area (Å²) in [7, 11) is 1.50. The standard InChI is InChI=1S/C14H14ClNO4/c1-9(17)19-13(8-18-2)20-12-6-5-11(15)10-4-3-7-16-14(10)12/h3-7,13H,8H2,1-2H3. The summed E-state index contributed by atoms with van der Waals surface area (Å²) in [6.45, 7) is 1.43. The normalized spacial score (nSPS) is 12.2. The Morgan fingerprint density at radius 3 is 2.90 bits per heavy atom. The van der Waals surface area contributed by atoms with Gasteiger partial charge in [-0.15, -0.1) is 0 Å². The number of benzene rings is 1. The molecule has 1 heterocycles. The summed E-state index contributed by atoms with van der Waals surface area (Å²) < 4.78 is 15.6. The van der Waals surface area contributed by atoms with E-state index in [-0.39, 0.29) is 6.61 Å². The van der Waals surface area contributed by atoms with Crippen LogP contribution in [0.3, 0.4) is 0 Å². The lowest BCUT2D eigenvalue weighted by Crippen LogP contribution is -2.28. The molecule has 0 saturated heterocycles. The molecule has 1 aromatic heterocycles. The van der Waals surface area contributed by atoms with E-state index in [9.17, 15) is 4.79 Å². The molecule has 0 aliphatic carbocycles. The summed E-state index contributed by atoms with van der Waals surface area (Å²) in [5.41, 5.74) is 0.605. The molecular weight excluding hydrogens is 282 g/mol. The molecule has 0 saturated carbocycles. The van der Waals surface area contributed by atoms with Crippen LogP contribution in [0.4, 0.5) is 0 Å². The zero-order valence-electron chi connectivity index (χ0n) is 11.1. The fraction of sp³-hybridized carbons (Fsp3) is 0.286. The third kappa shape index (κ3) is 3.37. The number of hydrogen-bond acceptors (Lipinski definition) is 5. The van der Waals surface area contributed by atoms with Gasteiger partial charge in [-0.25, -0.2) is 0 Å². The highest BCUT2D eigenvalue weighted by atomic mass is 35.5. The Kier molecular flexibility index (Phi) is 4.76.